The second kappa shape index (κ2) is 4.78. The van der Waals surface area contributed by atoms with Gasteiger partial charge in [-0.25, -0.2) is 0 Å². The van der Waals surface area contributed by atoms with Crippen LogP contribution in [-0.2, 0) is 4.79 Å². The number of carbonyl (C=O) groups is 1. The molecule has 0 aromatic heterocycles. The van der Waals surface area contributed by atoms with Crippen LogP contribution in [0.5, 0.6) is 0 Å². The number of hydrogen-bond donors (Lipinski definition) is 2. The van der Waals surface area contributed by atoms with Gasteiger partial charge in [0.1, 0.15) is 0 Å². The molecule has 82 valence electrons. The first kappa shape index (κ1) is 11.5. The summed E-state index contributed by atoms with van der Waals surface area (Å²) < 4.78 is 0. The Balaban J connectivity index is 2.21. The third kappa shape index (κ3) is 4.09. The summed E-state index contributed by atoms with van der Waals surface area (Å²) >= 11 is 0. The largest absolute Gasteiger partial charge is 0.481 e. The lowest BCUT2D eigenvalue weighted by Gasteiger charge is -2.36. The minimum absolute atomic E-state index is 0.242. The highest BCUT2D eigenvalue weighted by atomic mass is 16.4. The Morgan fingerprint density at radius 2 is 2.29 bits per heavy atom. The van der Waals surface area contributed by atoms with Crippen LogP contribution in [-0.4, -0.2) is 23.2 Å². The lowest BCUT2D eigenvalue weighted by molar-refractivity contribution is -0.137. The van der Waals surface area contributed by atoms with Gasteiger partial charge in [-0.1, -0.05) is 0 Å². The van der Waals surface area contributed by atoms with Crippen molar-refractivity contribution in [3.05, 3.63) is 0 Å². The molecule has 3 nitrogen and oxygen atoms in total. The molecule has 2 N–H and O–H groups in total. The third-order valence-corrected chi connectivity index (χ3v) is 2.96. The third-order valence-electron chi connectivity index (χ3n) is 2.96. The van der Waals surface area contributed by atoms with E-state index in [1.807, 2.05) is 0 Å². The fraction of sp³-hybridized carbons (Fsp3) is 0.909. The van der Waals surface area contributed by atoms with Crippen molar-refractivity contribution in [2.75, 3.05) is 6.54 Å². The van der Waals surface area contributed by atoms with Crippen molar-refractivity contribution < 1.29 is 9.90 Å². The summed E-state index contributed by atoms with van der Waals surface area (Å²) in [5.41, 5.74) is 0.242. The van der Waals surface area contributed by atoms with E-state index in [4.69, 9.17) is 5.11 Å². The van der Waals surface area contributed by atoms with Crippen molar-refractivity contribution in [1.29, 1.82) is 0 Å². The second-order valence-corrected chi connectivity index (χ2v) is 4.96. The van der Waals surface area contributed by atoms with Crippen LogP contribution in [0.2, 0.25) is 0 Å². The van der Waals surface area contributed by atoms with Crippen molar-refractivity contribution in [2.45, 2.75) is 51.5 Å². The van der Waals surface area contributed by atoms with Crippen LogP contribution in [0, 0.1) is 5.92 Å². The van der Waals surface area contributed by atoms with Gasteiger partial charge in [0, 0.05) is 12.0 Å². The maximum atomic E-state index is 10.4. The van der Waals surface area contributed by atoms with Gasteiger partial charge in [0.05, 0.1) is 0 Å². The van der Waals surface area contributed by atoms with E-state index >= 15 is 0 Å². The van der Waals surface area contributed by atoms with Crippen LogP contribution in [0.4, 0.5) is 0 Å². The number of hydrogen-bond acceptors (Lipinski definition) is 2. The van der Waals surface area contributed by atoms with Crippen LogP contribution < -0.4 is 5.32 Å². The molecule has 1 atom stereocenters. The summed E-state index contributed by atoms with van der Waals surface area (Å²) in [5.74, 6) is 0.0452. The first-order valence-electron chi connectivity index (χ1n) is 5.46. The molecular formula is C11H21NO2. The maximum absolute atomic E-state index is 10.4. The Morgan fingerprint density at radius 3 is 2.86 bits per heavy atom. The molecule has 0 radical (unpaired) electrons. The molecule has 1 saturated heterocycles. The van der Waals surface area contributed by atoms with Gasteiger partial charge in [-0.05, 0) is 52.0 Å². The van der Waals surface area contributed by atoms with E-state index in [-0.39, 0.29) is 5.54 Å². The molecule has 1 unspecified atom stereocenters. The molecule has 0 aliphatic carbocycles. The molecule has 0 amide bonds. The van der Waals surface area contributed by atoms with E-state index in [9.17, 15) is 4.79 Å². The van der Waals surface area contributed by atoms with Gasteiger partial charge in [-0.3, -0.25) is 4.79 Å². The molecule has 0 saturated carbocycles. The zero-order chi connectivity index (χ0) is 10.6. The molecule has 1 heterocycles. The topological polar surface area (TPSA) is 49.3 Å². The molecule has 1 rings (SSSR count). The molecule has 0 spiro atoms. The predicted octanol–water partition coefficient (Wildman–Crippen LogP) is 2.02. The zero-order valence-corrected chi connectivity index (χ0v) is 9.18. The van der Waals surface area contributed by atoms with Crippen LogP contribution in [0.3, 0.4) is 0 Å². The highest BCUT2D eigenvalue weighted by Crippen LogP contribution is 2.27. The van der Waals surface area contributed by atoms with E-state index in [1.54, 1.807) is 0 Å². The molecule has 1 fully saturated rings. The molecule has 14 heavy (non-hydrogen) atoms. The van der Waals surface area contributed by atoms with Gasteiger partial charge in [-0.2, -0.15) is 0 Å². The lowest BCUT2D eigenvalue weighted by atomic mass is 9.82. The average molecular weight is 199 g/mol. The zero-order valence-electron chi connectivity index (χ0n) is 9.18. The van der Waals surface area contributed by atoms with Gasteiger partial charge in [0.2, 0.25) is 0 Å². The quantitative estimate of drug-likeness (QED) is 0.728. The van der Waals surface area contributed by atoms with E-state index in [0.717, 1.165) is 19.4 Å². The summed E-state index contributed by atoms with van der Waals surface area (Å²) in [4.78, 5) is 10.4. The fourth-order valence-corrected chi connectivity index (χ4v) is 2.30. The molecular weight excluding hydrogens is 178 g/mol. The van der Waals surface area contributed by atoms with Crippen LogP contribution in [0.15, 0.2) is 0 Å². The minimum atomic E-state index is -0.668. The number of aliphatic carboxylic acids is 1. The van der Waals surface area contributed by atoms with Crippen LogP contribution in [0.25, 0.3) is 0 Å². The van der Waals surface area contributed by atoms with E-state index < -0.39 is 5.97 Å². The van der Waals surface area contributed by atoms with Crippen LogP contribution >= 0.6 is 0 Å². The van der Waals surface area contributed by atoms with E-state index in [0.29, 0.717) is 12.3 Å². The lowest BCUT2D eigenvalue weighted by Crippen LogP contribution is -2.46. The first-order valence-corrected chi connectivity index (χ1v) is 5.46. The number of carboxylic acids is 1. The minimum Gasteiger partial charge on any atom is -0.481 e. The Bertz CT molecular complexity index is 201. The van der Waals surface area contributed by atoms with Crippen molar-refractivity contribution in [2.24, 2.45) is 5.92 Å². The average Bonchev–Trinajstić information content (AvgIpc) is 2.01. The fourth-order valence-electron chi connectivity index (χ4n) is 2.30. The normalized spacial score (nSPS) is 26.0. The summed E-state index contributed by atoms with van der Waals surface area (Å²) in [6.45, 7) is 5.51. The smallest absolute Gasteiger partial charge is 0.303 e. The Morgan fingerprint density at radius 1 is 1.57 bits per heavy atom. The van der Waals surface area contributed by atoms with Crippen molar-refractivity contribution in [3.8, 4) is 0 Å². The molecule has 0 aromatic carbocycles. The summed E-state index contributed by atoms with van der Waals surface area (Å²) in [6.07, 6.45) is 4.59. The number of piperidine rings is 1. The van der Waals surface area contributed by atoms with E-state index in [1.165, 1.54) is 12.8 Å². The number of nitrogens with one attached hydrogen (secondary N) is 1. The molecule has 3 heteroatoms. The monoisotopic (exact) mass is 199 g/mol. The van der Waals surface area contributed by atoms with Crippen molar-refractivity contribution in [3.63, 3.8) is 0 Å². The Kier molecular flexibility index (Phi) is 3.93. The Labute approximate surface area is 85.9 Å². The SMILES string of the molecule is CC1(C)CC(CCCC(=O)O)CCN1. The Hall–Kier alpha value is -0.570. The summed E-state index contributed by atoms with van der Waals surface area (Å²) in [5, 5.41) is 12.0. The van der Waals surface area contributed by atoms with E-state index in [2.05, 4.69) is 19.2 Å². The van der Waals surface area contributed by atoms with Gasteiger partial charge in [-0.15, -0.1) is 0 Å². The maximum Gasteiger partial charge on any atom is 0.303 e. The first-order chi connectivity index (χ1) is 6.49. The molecule has 1 aliphatic heterocycles. The number of rotatable bonds is 4. The van der Waals surface area contributed by atoms with Gasteiger partial charge >= 0.3 is 5.97 Å². The molecule has 0 bridgehead atoms. The number of carboxylic acid groups (broad SMARTS) is 1. The standard InChI is InChI=1S/C11H21NO2/c1-11(2)8-9(6-7-12-11)4-3-5-10(13)14/h9,12H,3-8H2,1-2H3,(H,13,14). The van der Waals surface area contributed by atoms with Gasteiger partial charge < -0.3 is 10.4 Å². The van der Waals surface area contributed by atoms with Crippen LogP contribution in [0.1, 0.15) is 46.0 Å². The highest BCUT2D eigenvalue weighted by Gasteiger charge is 2.26. The van der Waals surface area contributed by atoms with Crippen molar-refractivity contribution in [1.82, 2.24) is 5.32 Å². The highest BCUT2D eigenvalue weighted by molar-refractivity contribution is 5.66. The second-order valence-electron chi connectivity index (χ2n) is 4.96. The molecule has 1 aliphatic rings. The summed E-state index contributed by atoms with van der Waals surface area (Å²) in [7, 11) is 0. The predicted molar refractivity (Wildman–Crippen MR) is 56.3 cm³/mol. The van der Waals surface area contributed by atoms with Gasteiger partial charge in [0.25, 0.3) is 0 Å². The van der Waals surface area contributed by atoms with Crippen molar-refractivity contribution >= 4 is 5.97 Å². The summed E-state index contributed by atoms with van der Waals surface area (Å²) in [6, 6.07) is 0. The van der Waals surface area contributed by atoms with Gasteiger partial charge in [0.15, 0.2) is 0 Å². The molecule has 0 aromatic rings.